The van der Waals surface area contributed by atoms with Crippen molar-refractivity contribution in [2.45, 2.75) is 13.0 Å². The Morgan fingerprint density at radius 2 is 2.50 bits per heavy atom. The highest BCUT2D eigenvalue weighted by atomic mass is 32.2. The van der Waals surface area contributed by atoms with Gasteiger partial charge in [0.2, 0.25) is 0 Å². The molecule has 0 aliphatic carbocycles. The summed E-state index contributed by atoms with van der Waals surface area (Å²) in [5.74, 6) is 0. The zero-order valence-electron chi connectivity index (χ0n) is 8.40. The van der Waals surface area contributed by atoms with E-state index in [-0.39, 0.29) is 5.56 Å². The quantitative estimate of drug-likeness (QED) is 0.738. The van der Waals surface area contributed by atoms with E-state index < -0.39 is 0 Å². The fraction of sp³-hybridized carbons (Fsp3) is 0.333. The van der Waals surface area contributed by atoms with E-state index in [0.717, 1.165) is 35.3 Å². The molecular formula is C9H10N4OS2. The summed E-state index contributed by atoms with van der Waals surface area (Å²) >= 11 is 2.85. The average Bonchev–Trinajstić information content (AvgIpc) is 2.67. The van der Waals surface area contributed by atoms with E-state index in [9.17, 15) is 4.79 Å². The van der Waals surface area contributed by atoms with Gasteiger partial charge in [0, 0.05) is 30.1 Å². The van der Waals surface area contributed by atoms with Gasteiger partial charge in [-0.25, -0.2) is 9.29 Å². The van der Waals surface area contributed by atoms with Crippen LogP contribution in [-0.2, 0) is 13.0 Å². The van der Waals surface area contributed by atoms with Gasteiger partial charge in [0.25, 0.3) is 5.56 Å². The topological polar surface area (TPSA) is 75.0 Å². The van der Waals surface area contributed by atoms with Crippen molar-refractivity contribution in [3.8, 4) is 0 Å². The number of nitrogens with zero attached hydrogens (tertiary/aromatic N) is 2. The molecule has 0 aromatic carbocycles. The van der Waals surface area contributed by atoms with Crippen molar-refractivity contribution in [2.24, 2.45) is 5.14 Å². The van der Waals surface area contributed by atoms with Gasteiger partial charge in [0.15, 0.2) is 0 Å². The highest BCUT2D eigenvalue weighted by molar-refractivity contribution is 7.94. The Balaban J connectivity index is 2.24. The number of H-pyrrole nitrogens is 1. The number of hydrogen-bond acceptors (Lipinski definition) is 6. The summed E-state index contributed by atoms with van der Waals surface area (Å²) in [6, 6.07) is 0. The van der Waals surface area contributed by atoms with E-state index in [1.54, 1.807) is 11.3 Å². The standard InChI is InChI=1S/C9H10N4OS2/c10-16-13-2-1-6-5(3-13)7-8(14)11-4-12-9(7)15-6/h4H,1-3,10H2,(H,11,12,14). The Bertz CT molecular complexity index is 591. The molecule has 0 saturated carbocycles. The molecule has 0 fully saturated rings. The summed E-state index contributed by atoms with van der Waals surface area (Å²) in [5, 5.41) is 6.29. The fourth-order valence-corrected chi connectivity index (χ4v) is 3.53. The van der Waals surface area contributed by atoms with Crippen LogP contribution in [0.2, 0.25) is 0 Å². The number of nitrogens with one attached hydrogen (secondary N) is 1. The van der Waals surface area contributed by atoms with Crippen LogP contribution in [0, 0.1) is 0 Å². The lowest BCUT2D eigenvalue weighted by Crippen LogP contribution is -2.25. The zero-order chi connectivity index (χ0) is 11.1. The lowest BCUT2D eigenvalue weighted by molar-refractivity contribution is 0.451. The minimum absolute atomic E-state index is 0.0497. The fourth-order valence-electron chi connectivity index (χ4n) is 1.99. The first-order valence-electron chi connectivity index (χ1n) is 4.89. The molecule has 1 aliphatic rings. The predicted octanol–water partition coefficient (Wildman–Crippen LogP) is 0.865. The Morgan fingerprint density at radius 1 is 1.62 bits per heavy atom. The van der Waals surface area contributed by atoms with Gasteiger partial charge >= 0.3 is 0 Å². The van der Waals surface area contributed by atoms with Gasteiger partial charge in [-0.1, -0.05) is 0 Å². The second-order valence-corrected chi connectivity index (χ2v) is 5.45. The largest absolute Gasteiger partial charge is 0.313 e. The third kappa shape index (κ3) is 1.47. The molecule has 3 rings (SSSR count). The molecule has 2 aromatic rings. The molecule has 0 bridgehead atoms. The van der Waals surface area contributed by atoms with Crippen LogP contribution in [0.4, 0.5) is 0 Å². The second-order valence-electron chi connectivity index (χ2n) is 3.63. The summed E-state index contributed by atoms with van der Waals surface area (Å²) in [7, 11) is 0. The van der Waals surface area contributed by atoms with Crippen LogP contribution >= 0.6 is 23.5 Å². The normalized spacial score (nSPS) is 16.6. The van der Waals surface area contributed by atoms with Crippen LogP contribution in [0.1, 0.15) is 10.4 Å². The number of aromatic nitrogens is 2. The summed E-state index contributed by atoms with van der Waals surface area (Å²) in [6.07, 6.45) is 2.40. The van der Waals surface area contributed by atoms with Crippen molar-refractivity contribution >= 4 is 33.7 Å². The van der Waals surface area contributed by atoms with Crippen LogP contribution in [0.25, 0.3) is 10.2 Å². The third-order valence-corrected chi connectivity index (χ3v) is 4.56. The molecule has 0 spiro atoms. The number of rotatable bonds is 1. The monoisotopic (exact) mass is 254 g/mol. The van der Waals surface area contributed by atoms with Crippen molar-refractivity contribution in [3.63, 3.8) is 0 Å². The minimum Gasteiger partial charge on any atom is -0.313 e. The second kappa shape index (κ2) is 3.85. The van der Waals surface area contributed by atoms with Gasteiger partial charge in [-0.05, 0) is 12.0 Å². The Hall–Kier alpha value is -0.890. The molecule has 0 amide bonds. The van der Waals surface area contributed by atoms with Crippen LogP contribution in [-0.4, -0.2) is 20.8 Å². The molecule has 1 aliphatic heterocycles. The van der Waals surface area contributed by atoms with Gasteiger partial charge < -0.3 is 4.98 Å². The van der Waals surface area contributed by atoms with Gasteiger partial charge in [-0.15, -0.1) is 11.3 Å². The first-order valence-corrected chi connectivity index (χ1v) is 6.54. The van der Waals surface area contributed by atoms with Gasteiger partial charge in [-0.3, -0.25) is 9.93 Å². The first-order chi connectivity index (χ1) is 7.79. The molecule has 0 unspecified atom stereocenters. The van der Waals surface area contributed by atoms with Crippen LogP contribution in [0.15, 0.2) is 11.1 Å². The maximum atomic E-state index is 11.8. The van der Waals surface area contributed by atoms with Crippen LogP contribution < -0.4 is 10.7 Å². The van der Waals surface area contributed by atoms with Gasteiger partial charge in [-0.2, -0.15) is 0 Å². The molecule has 16 heavy (non-hydrogen) atoms. The summed E-state index contributed by atoms with van der Waals surface area (Å²) in [4.78, 5) is 20.7. The number of aromatic amines is 1. The Kier molecular flexibility index (Phi) is 2.47. The molecule has 0 saturated heterocycles. The molecule has 3 N–H and O–H groups in total. The maximum Gasteiger partial charge on any atom is 0.259 e. The highest BCUT2D eigenvalue weighted by Crippen LogP contribution is 2.32. The minimum atomic E-state index is -0.0497. The first kappa shape index (κ1) is 10.3. The summed E-state index contributed by atoms with van der Waals surface area (Å²) < 4.78 is 2.06. The molecule has 3 heterocycles. The molecule has 84 valence electrons. The highest BCUT2D eigenvalue weighted by Gasteiger charge is 2.22. The number of nitrogens with two attached hydrogens (primary N) is 1. The van der Waals surface area contributed by atoms with E-state index in [4.69, 9.17) is 5.14 Å². The molecule has 5 nitrogen and oxygen atoms in total. The molecule has 0 atom stereocenters. The average molecular weight is 254 g/mol. The van der Waals surface area contributed by atoms with E-state index in [2.05, 4.69) is 14.3 Å². The van der Waals surface area contributed by atoms with Crippen molar-refractivity contribution < 1.29 is 0 Å². The third-order valence-electron chi connectivity index (χ3n) is 2.75. The van der Waals surface area contributed by atoms with E-state index in [1.807, 2.05) is 0 Å². The molecular weight excluding hydrogens is 244 g/mol. The van der Waals surface area contributed by atoms with Crippen molar-refractivity contribution in [2.75, 3.05) is 6.54 Å². The number of hydrogen-bond donors (Lipinski definition) is 2. The van der Waals surface area contributed by atoms with Gasteiger partial charge in [0.1, 0.15) is 4.83 Å². The predicted molar refractivity (Wildman–Crippen MR) is 66.1 cm³/mol. The van der Waals surface area contributed by atoms with Crippen LogP contribution in [0.3, 0.4) is 0 Å². The lowest BCUT2D eigenvalue weighted by Gasteiger charge is -2.23. The van der Waals surface area contributed by atoms with Crippen LogP contribution in [0.5, 0.6) is 0 Å². The van der Waals surface area contributed by atoms with E-state index in [0.29, 0.717) is 0 Å². The van der Waals surface area contributed by atoms with Crippen molar-refractivity contribution in [1.82, 2.24) is 14.3 Å². The Labute approximate surface area is 99.9 Å². The zero-order valence-corrected chi connectivity index (χ0v) is 10.0. The SMILES string of the molecule is NSN1CCc2sc3nc[nH]c(=O)c3c2C1. The van der Waals surface area contributed by atoms with Crippen molar-refractivity contribution in [3.05, 3.63) is 27.1 Å². The Morgan fingerprint density at radius 3 is 3.31 bits per heavy atom. The number of fused-ring (bicyclic) bond motifs is 3. The van der Waals surface area contributed by atoms with E-state index in [1.165, 1.54) is 23.3 Å². The summed E-state index contributed by atoms with van der Waals surface area (Å²) in [6.45, 7) is 1.66. The van der Waals surface area contributed by atoms with E-state index >= 15 is 0 Å². The lowest BCUT2D eigenvalue weighted by atomic mass is 10.1. The van der Waals surface area contributed by atoms with Gasteiger partial charge in [0.05, 0.1) is 11.7 Å². The maximum absolute atomic E-state index is 11.8. The number of thiophene rings is 1. The van der Waals surface area contributed by atoms with Crippen molar-refractivity contribution in [1.29, 1.82) is 0 Å². The molecule has 7 heteroatoms. The smallest absolute Gasteiger partial charge is 0.259 e. The molecule has 2 aromatic heterocycles. The molecule has 0 radical (unpaired) electrons. The summed E-state index contributed by atoms with van der Waals surface area (Å²) in [5.41, 5.74) is 1.05.